The zero-order valence-corrected chi connectivity index (χ0v) is 11.3. The molecular weight excluding hydrogens is 246 g/mol. The molecule has 0 saturated carbocycles. The fourth-order valence-corrected chi connectivity index (χ4v) is 2.63. The van der Waals surface area contributed by atoms with Crippen molar-refractivity contribution in [1.82, 2.24) is 14.7 Å². The maximum absolute atomic E-state index is 12.2. The molecule has 2 heterocycles. The average molecular weight is 265 g/mol. The van der Waals surface area contributed by atoms with Gasteiger partial charge in [-0.2, -0.15) is 5.10 Å². The summed E-state index contributed by atoms with van der Waals surface area (Å²) in [6.07, 6.45) is 1.68. The minimum absolute atomic E-state index is 0.0306. The normalized spacial score (nSPS) is 18.8. The molecule has 1 saturated heterocycles. The number of carbonyl (C=O) groups excluding carboxylic acids is 1. The standard InChI is InChI=1S/C13H19N3O3/c1-9-6-10(2)16(14-9)8-12(17)15-5-3-4-11(15)7-13(18)19/h6,11H,3-5,7-8H2,1-2H3,(H,18,19). The van der Waals surface area contributed by atoms with Crippen LogP contribution < -0.4 is 0 Å². The van der Waals surface area contributed by atoms with Gasteiger partial charge in [0.15, 0.2) is 0 Å². The zero-order chi connectivity index (χ0) is 14.0. The van der Waals surface area contributed by atoms with Crippen LogP contribution in [0.2, 0.25) is 0 Å². The lowest BCUT2D eigenvalue weighted by Gasteiger charge is -2.23. The number of likely N-dealkylation sites (tertiary alicyclic amines) is 1. The number of hydrogen-bond acceptors (Lipinski definition) is 3. The summed E-state index contributed by atoms with van der Waals surface area (Å²) >= 11 is 0. The molecule has 6 nitrogen and oxygen atoms in total. The molecule has 1 amide bonds. The SMILES string of the molecule is Cc1cc(C)n(CC(=O)N2CCCC2CC(=O)O)n1. The second-order valence-electron chi connectivity index (χ2n) is 5.07. The number of rotatable bonds is 4. The van der Waals surface area contributed by atoms with Crippen molar-refractivity contribution < 1.29 is 14.7 Å². The van der Waals surface area contributed by atoms with Crippen LogP contribution >= 0.6 is 0 Å². The summed E-state index contributed by atoms with van der Waals surface area (Å²) in [5.74, 6) is -0.897. The monoisotopic (exact) mass is 265 g/mol. The number of carbonyl (C=O) groups is 2. The number of aliphatic carboxylic acids is 1. The summed E-state index contributed by atoms with van der Waals surface area (Å²) in [5, 5.41) is 13.1. The van der Waals surface area contributed by atoms with Crippen molar-refractivity contribution in [2.24, 2.45) is 0 Å². The first-order valence-corrected chi connectivity index (χ1v) is 6.49. The molecular formula is C13H19N3O3. The van der Waals surface area contributed by atoms with Crippen LogP contribution in [-0.2, 0) is 16.1 Å². The predicted molar refractivity (Wildman–Crippen MR) is 68.7 cm³/mol. The quantitative estimate of drug-likeness (QED) is 0.880. The molecule has 1 N–H and O–H groups in total. The van der Waals surface area contributed by atoms with Gasteiger partial charge < -0.3 is 10.0 Å². The number of carboxylic acids is 1. The van der Waals surface area contributed by atoms with Crippen molar-refractivity contribution >= 4 is 11.9 Å². The fraction of sp³-hybridized carbons (Fsp3) is 0.615. The number of aryl methyl sites for hydroxylation is 2. The number of amides is 1. The summed E-state index contributed by atoms with van der Waals surface area (Å²) < 4.78 is 1.67. The van der Waals surface area contributed by atoms with Crippen LogP contribution in [0.5, 0.6) is 0 Å². The minimum Gasteiger partial charge on any atom is -0.481 e. The average Bonchev–Trinajstić information content (AvgIpc) is 2.85. The zero-order valence-electron chi connectivity index (χ0n) is 11.3. The lowest BCUT2D eigenvalue weighted by Crippen LogP contribution is -2.39. The highest BCUT2D eigenvalue weighted by Crippen LogP contribution is 2.20. The van der Waals surface area contributed by atoms with Crippen LogP contribution in [0.1, 0.15) is 30.7 Å². The highest BCUT2D eigenvalue weighted by molar-refractivity contribution is 5.77. The van der Waals surface area contributed by atoms with E-state index in [9.17, 15) is 9.59 Å². The van der Waals surface area contributed by atoms with E-state index in [1.165, 1.54) is 0 Å². The molecule has 104 valence electrons. The van der Waals surface area contributed by atoms with Gasteiger partial charge in [-0.25, -0.2) is 0 Å². The second kappa shape index (κ2) is 5.42. The molecule has 0 bridgehead atoms. The van der Waals surface area contributed by atoms with Gasteiger partial charge >= 0.3 is 5.97 Å². The second-order valence-corrected chi connectivity index (χ2v) is 5.07. The lowest BCUT2D eigenvalue weighted by atomic mass is 10.1. The molecule has 1 aliphatic rings. The Labute approximate surface area is 112 Å². The van der Waals surface area contributed by atoms with Crippen LogP contribution in [0.25, 0.3) is 0 Å². The molecule has 1 fully saturated rings. The Balaban J connectivity index is 2.03. The predicted octanol–water partition coefficient (Wildman–Crippen LogP) is 0.966. The topological polar surface area (TPSA) is 75.4 Å². The molecule has 1 aliphatic heterocycles. The molecule has 0 radical (unpaired) electrons. The van der Waals surface area contributed by atoms with Crippen molar-refractivity contribution in [1.29, 1.82) is 0 Å². The van der Waals surface area contributed by atoms with E-state index < -0.39 is 5.97 Å². The number of hydrogen-bond donors (Lipinski definition) is 1. The third-order valence-electron chi connectivity index (χ3n) is 3.50. The molecule has 0 aliphatic carbocycles. The highest BCUT2D eigenvalue weighted by atomic mass is 16.4. The first kappa shape index (κ1) is 13.6. The summed E-state index contributed by atoms with van der Waals surface area (Å²) in [7, 11) is 0. The molecule has 1 unspecified atom stereocenters. The number of nitrogens with zero attached hydrogens (tertiary/aromatic N) is 3. The van der Waals surface area contributed by atoms with Gasteiger partial charge in [-0.1, -0.05) is 0 Å². The van der Waals surface area contributed by atoms with Crippen LogP contribution in [0.4, 0.5) is 0 Å². The van der Waals surface area contributed by atoms with E-state index in [0.29, 0.717) is 6.54 Å². The smallest absolute Gasteiger partial charge is 0.305 e. The van der Waals surface area contributed by atoms with Crippen molar-refractivity contribution in [2.45, 2.75) is 45.7 Å². The molecule has 19 heavy (non-hydrogen) atoms. The Hall–Kier alpha value is -1.85. The van der Waals surface area contributed by atoms with E-state index in [1.54, 1.807) is 9.58 Å². The van der Waals surface area contributed by atoms with Crippen LogP contribution in [0.3, 0.4) is 0 Å². The van der Waals surface area contributed by atoms with Gasteiger partial charge in [0.05, 0.1) is 12.1 Å². The summed E-state index contributed by atoms with van der Waals surface area (Å²) in [5.41, 5.74) is 1.83. The minimum atomic E-state index is -0.851. The van der Waals surface area contributed by atoms with E-state index in [2.05, 4.69) is 5.10 Å². The van der Waals surface area contributed by atoms with Gasteiger partial charge in [-0.05, 0) is 32.8 Å². The van der Waals surface area contributed by atoms with E-state index in [-0.39, 0.29) is 24.9 Å². The van der Waals surface area contributed by atoms with E-state index in [4.69, 9.17) is 5.11 Å². The molecule has 2 rings (SSSR count). The highest BCUT2D eigenvalue weighted by Gasteiger charge is 2.30. The summed E-state index contributed by atoms with van der Waals surface area (Å²) in [4.78, 5) is 24.7. The molecule has 1 aromatic heterocycles. The van der Waals surface area contributed by atoms with Crippen molar-refractivity contribution in [3.05, 3.63) is 17.5 Å². The van der Waals surface area contributed by atoms with E-state index in [0.717, 1.165) is 24.2 Å². The third kappa shape index (κ3) is 3.13. The largest absolute Gasteiger partial charge is 0.481 e. The summed E-state index contributed by atoms with van der Waals surface area (Å²) in [6, 6.07) is 1.76. The van der Waals surface area contributed by atoms with Crippen LogP contribution in [-0.4, -0.2) is 44.3 Å². The lowest BCUT2D eigenvalue weighted by molar-refractivity contribution is -0.140. The van der Waals surface area contributed by atoms with E-state index >= 15 is 0 Å². The van der Waals surface area contributed by atoms with Crippen molar-refractivity contribution in [3.8, 4) is 0 Å². The first-order valence-electron chi connectivity index (χ1n) is 6.49. The van der Waals surface area contributed by atoms with Gasteiger partial charge in [0.25, 0.3) is 0 Å². The van der Waals surface area contributed by atoms with Gasteiger partial charge in [0, 0.05) is 18.3 Å². The molecule has 1 aromatic rings. The van der Waals surface area contributed by atoms with Gasteiger partial charge in [0.1, 0.15) is 6.54 Å². The molecule has 0 aromatic carbocycles. The summed E-state index contributed by atoms with van der Waals surface area (Å²) in [6.45, 7) is 4.63. The Bertz CT molecular complexity index is 495. The molecule has 6 heteroatoms. The van der Waals surface area contributed by atoms with Gasteiger partial charge in [-0.15, -0.1) is 0 Å². The Kier molecular flexibility index (Phi) is 3.87. The maximum Gasteiger partial charge on any atom is 0.305 e. The Morgan fingerprint density at radius 1 is 1.47 bits per heavy atom. The van der Waals surface area contributed by atoms with Gasteiger partial charge in [-0.3, -0.25) is 14.3 Å². The maximum atomic E-state index is 12.2. The van der Waals surface area contributed by atoms with Crippen molar-refractivity contribution in [2.75, 3.05) is 6.54 Å². The number of aromatic nitrogens is 2. The van der Waals surface area contributed by atoms with Crippen LogP contribution in [0, 0.1) is 13.8 Å². The van der Waals surface area contributed by atoms with Crippen LogP contribution in [0.15, 0.2) is 6.07 Å². The van der Waals surface area contributed by atoms with Gasteiger partial charge in [0.2, 0.25) is 5.91 Å². The fourth-order valence-electron chi connectivity index (χ4n) is 2.63. The number of carboxylic acid groups (broad SMARTS) is 1. The first-order chi connectivity index (χ1) is 8.97. The third-order valence-corrected chi connectivity index (χ3v) is 3.50. The van der Waals surface area contributed by atoms with E-state index in [1.807, 2.05) is 19.9 Å². The van der Waals surface area contributed by atoms with Crippen molar-refractivity contribution in [3.63, 3.8) is 0 Å². The molecule has 1 atom stereocenters. The Morgan fingerprint density at radius 3 is 2.79 bits per heavy atom. The molecule has 0 spiro atoms. The Morgan fingerprint density at radius 2 is 2.21 bits per heavy atom.